The Bertz CT molecular complexity index is 433. The largest absolute Gasteiger partial charge is 0.389 e. The Hall–Kier alpha value is -0.650. The van der Waals surface area contributed by atoms with Crippen molar-refractivity contribution in [3.63, 3.8) is 0 Å². The van der Waals surface area contributed by atoms with Gasteiger partial charge in [0.05, 0.1) is 6.10 Å². The summed E-state index contributed by atoms with van der Waals surface area (Å²) in [7, 11) is 0. The third-order valence-electron chi connectivity index (χ3n) is 3.05. The summed E-state index contributed by atoms with van der Waals surface area (Å²) in [6.45, 7) is 1.77. The number of halogens is 1. The van der Waals surface area contributed by atoms with E-state index in [1.165, 1.54) is 12.8 Å². The van der Waals surface area contributed by atoms with Crippen LogP contribution in [0.4, 0.5) is 5.69 Å². The Labute approximate surface area is 121 Å². The lowest BCUT2D eigenvalue weighted by atomic mass is 10.1. The lowest BCUT2D eigenvalue weighted by Crippen LogP contribution is -2.16. The average Bonchev–Trinajstić information content (AvgIpc) is 2.82. The van der Waals surface area contributed by atoms with Crippen molar-refractivity contribution < 1.29 is 4.74 Å². The summed E-state index contributed by atoms with van der Waals surface area (Å²) < 4.78 is 6.61. The smallest absolute Gasteiger partial charge is 0.106 e. The molecule has 1 unspecified atom stereocenters. The highest BCUT2D eigenvalue weighted by atomic mass is 79.9. The summed E-state index contributed by atoms with van der Waals surface area (Å²) >= 11 is 8.50. The van der Waals surface area contributed by atoms with Crippen LogP contribution in [-0.2, 0) is 4.74 Å². The molecule has 98 valence electrons. The number of thiocarbonyl (C=S) groups is 1. The fourth-order valence-corrected chi connectivity index (χ4v) is 2.66. The van der Waals surface area contributed by atoms with Crippen molar-refractivity contribution in [3.05, 3.63) is 28.2 Å². The van der Waals surface area contributed by atoms with E-state index in [0.717, 1.165) is 35.3 Å². The molecule has 0 amide bonds. The fraction of sp³-hybridized carbons (Fsp3) is 0.462. The number of rotatable bonds is 5. The Kier molecular flexibility index (Phi) is 4.97. The van der Waals surface area contributed by atoms with E-state index in [2.05, 4.69) is 21.2 Å². The van der Waals surface area contributed by atoms with Gasteiger partial charge >= 0.3 is 0 Å². The molecule has 1 atom stereocenters. The normalized spacial score (nSPS) is 18.8. The summed E-state index contributed by atoms with van der Waals surface area (Å²) in [6, 6.07) is 5.88. The first-order valence-electron chi connectivity index (χ1n) is 6.11. The molecule has 1 aliphatic heterocycles. The van der Waals surface area contributed by atoms with Crippen molar-refractivity contribution in [2.24, 2.45) is 5.73 Å². The van der Waals surface area contributed by atoms with Crippen molar-refractivity contribution in [2.75, 3.05) is 18.5 Å². The quantitative estimate of drug-likeness (QED) is 0.815. The van der Waals surface area contributed by atoms with Gasteiger partial charge in [-0.2, -0.15) is 0 Å². The third kappa shape index (κ3) is 3.67. The van der Waals surface area contributed by atoms with Crippen LogP contribution in [0.2, 0.25) is 0 Å². The van der Waals surface area contributed by atoms with E-state index in [4.69, 9.17) is 22.7 Å². The zero-order chi connectivity index (χ0) is 13.0. The van der Waals surface area contributed by atoms with Crippen molar-refractivity contribution in [1.29, 1.82) is 0 Å². The minimum absolute atomic E-state index is 0.401. The minimum Gasteiger partial charge on any atom is -0.389 e. The monoisotopic (exact) mass is 328 g/mol. The second kappa shape index (κ2) is 6.50. The van der Waals surface area contributed by atoms with Crippen LogP contribution in [0.1, 0.15) is 24.8 Å². The van der Waals surface area contributed by atoms with Crippen molar-refractivity contribution in [2.45, 2.75) is 25.4 Å². The fourth-order valence-electron chi connectivity index (χ4n) is 2.12. The Morgan fingerprint density at radius 2 is 2.39 bits per heavy atom. The van der Waals surface area contributed by atoms with Crippen molar-refractivity contribution >= 4 is 38.8 Å². The molecule has 0 spiro atoms. The van der Waals surface area contributed by atoms with E-state index in [0.29, 0.717) is 11.1 Å². The van der Waals surface area contributed by atoms with Crippen molar-refractivity contribution in [3.8, 4) is 0 Å². The molecule has 5 heteroatoms. The van der Waals surface area contributed by atoms with Crippen LogP contribution in [0.15, 0.2) is 22.7 Å². The summed E-state index contributed by atoms with van der Waals surface area (Å²) in [5.41, 5.74) is 7.58. The molecule has 1 aromatic rings. The summed E-state index contributed by atoms with van der Waals surface area (Å²) in [5.74, 6) is 0. The number of hydrogen-bond donors (Lipinski definition) is 2. The van der Waals surface area contributed by atoms with Gasteiger partial charge in [0.2, 0.25) is 0 Å². The van der Waals surface area contributed by atoms with Gasteiger partial charge < -0.3 is 15.8 Å². The molecular weight excluding hydrogens is 312 g/mol. The number of benzene rings is 1. The number of nitrogens with two attached hydrogens (primary N) is 1. The number of nitrogens with one attached hydrogen (secondary N) is 1. The first-order valence-corrected chi connectivity index (χ1v) is 7.32. The SMILES string of the molecule is NC(=S)c1ccc(Br)cc1NCCC1CCCO1. The Morgan fingerprint density at radius 1 is 1.56 bits per heavy atom. The third-order valence-corrected chi connectivity index (χ3v) is 3.77. The maximum absolute atomic E-state index is 5.71. The van der Waals surface area contributed by atoms with E-state index in [1.807, 2.05) is 18.2 Å². The minimum atomic E-state index is 0.401. The first kappa shape index (κ1) is 13.8. The summed E-state index contributed by atoms with van der Waals surface area (Å²) in [4.78, 5) is 0.419. The summed E-state index contributed by atoms with van der Waals surface area (Å²) in [5, 5.41) is 3.38. The predicted octanol–water partition coefficient (Wildman–Crippen LogP) is 3.06. The van der Waals surface area contributed by atoms with Crippen LogP contribution in [0, 0.1) is 0 Å². The van der Waals surface area contributed by atoms with Gasteiger partial charge in [0.15, 0.2) is 0 Å². The Morgan fingerprint density at radius 3 is 3.06 bits per heavy atom. The van der Waals surface area contributed by atoms with Crippen molar-refractivity contribution in [1.82, 2.24) is 0 Å². The highest BCUT2D eigenvalue weighted by molar-refractivity contribution is 9.10. The molecule has 3 N–H and O–H groups in total. The van der Waals surface area contributed by atoms with Gasteiger partial charge in [-0.05, 0) is 37.5 Å². The zero-order valence-electron chi connectivity index (χ0n) is 10.1. The van der Waals surface area contributed by atoms with Gasteiger partial charge in [-0.1, -0.05) is 28.1 Å². The number of hydrogen-bond acceptors (Lipinski definition) is 3. The van der Waals surface area contributed by atoms with Crippen LogP contribution in [0.25, 0.3) is 0 Å². The van der Waals surface area contributed by atoms with Gasteiger partial charge in [0, 0.05) is 28.9 Å². The highest BCUT2D eigenvalue weighted by Gasteiger charge is 2.15. The molecule has 1 fully saturated rings. The van der Waals surface area contributed by atoms with Crippen LogP contribution in [0.5, 0.6) is 0 Å². The predicted molar refractivity (Wildman–Crippen MR) is 82.1 cm³/mol. The average molecular weight is 329 g/mol. The van der Waals surface area contributed by atoms with Gasteiger partial charge in [0.1, 0.15) is 4.99 Å². The van der Waals surface area contributed by atoms with Crippen LogP contribution >= 0.6 is 28.1 Å². The van der Waals surface area contributed by atoms with Crippen LogP contribution in [-0.4, -0.2) is 24.2 Å². The molecule has 1 aliphatic rings. The molecule has 1 heterocycles. The number of ether oxygens (including phenoxy) is 1. The second-order valence-corrected chi connectivity index (χ2v) is 5.76. The Balaban J connectivity index is 1.94. The highest BCUT2D eigenvalue weighted by Crippen LogP contribution is 2.22. The maximum Gasteiger partial charge on any atom is 0.106 e. The number of anilines is 1. The van der Waals surface area contributed by atoms with Gasteiger partial charge in [0.25, 0.3) is 0 Å². The lowest BCUT2D eigenvalue weighted by Gasteiger charge is -2.14. The second-order valence-electron chi connectivity index (χ2n) is 4.40. The molecule has 2 rings (SSSR count). The van der Waals surface area contributed by atoms with E-state index in [9.17, 15) is 0 Å². The van der Waals surface area contributed by atoms with Gasteiger partial charge in [-0.15, -0.1) is 0 Å². The van der Waals surface area contributed by atoms with E-state index in [1.54, 1.807) is 0 Å². The molecule has 0 aliphatic carbocycles. The molecular formula is C13H17BrN2OS. The maximum atomic E-state index is 5.71. The summed E-state index contributed by atoms with van der Waals surface area (Å²) in [6.07, 6.45) is 3.77. The van der Waals surface area contributed by atoms with E-state index in [-0.39, 0.29) is 0 Å². The standard InChI is InChI=1S/C13H17BrN2OS/c14-9-3-4-11(13(15)18)12(8-9)16-6-5-10-2-1-7-17-10/h3-4,8,10,16H,1-2,5-7H2,(H2,15,18). The molecule has 0 aromatic heterocycles. The molecule has 1 aromatic carbocycles. The van der Waals surface area contributed by atoms with Crippen LogP contribution in [0.3, 0.4) is 0 Å². The lowest BCUT2D eigenvalue weighted by molar-refractivity contribution is 0.107. The molecule has 3 nitrogen and oxygen atoms in total. The first-order chi connectivity index (χ1) is 8.66. The van der Waals surface area contributed by atoms with Gasteiger partial charge in [-0.25, -0.2) is 0 Å². The molecule has 18 heavy (non-hydrogen) atoms. The van der Waals surface area contributed by atoms with E-state index < -0.39 is 0 Å². The topological polar surface area (TPSA) is 47.3 Å². The molecule has 0 bridgehead atoms. The molecule has 0 saturated carbocycles. The van der Waals surface area contributed by atoms with Gasteiger partial charge in [-0.3, -0.25) is 0 Å². The zero-order valence-corrected chi connectivity index (χ0v) is 12.5. The van der Waals surface area contributed by atoms with E-state index >= 15 is 0 Å². The molecule has 0 radical (unpaired) electrons. The van der Waals surface area contributed by atoms with Crippen LogP contribution < -0.4 is 11.1 Å². The molecule has 1 saturated heterocycles.